The molecule has 1 saturated heterocycles. The van der Waals surface area contributed by atoms with Crippen molar-refractivity contribution < 1.29 is 28.2 Å². The molecule has 128 valence electrons. The van der Waals surface area contributed by atoms with E-state index in [1.807, 2.05) is 0 Å². The van der Waals surface area contributed by atoms with E-state index >= 15 is 0 Å². The number of thiophene rings is 2. The number of hydrogen-bond acceptors (Lipinski definition) is 7. The van der Waals surface area contributed by atoms with Gasteiger partial charge in [0.15, 0.2) is 20.3 Å². The average Bonchev–Trinajstić information content (AvgIpc) is 3.17. The van der Waals surface area contributed by atoms with Crippen molar-refractivity contribution >= 4 is 44.4 Å². The van der Waals surface area contributed by atoms with Gasteiger partial charge in [0.05, 0.1) is 12.1 Å². The Labute approximate surface area is 145 Å². The van der Waals surface area contributed by atoms with Crippen molar-refractivity contribution in [3.05, 3.63) is 44.8 Å². The van der Waals surface area contributed by atoms with Crippen LogP contribution in [0, 0.1) is 0 Å². The van der Waals surface area contributed by atoms with Gasteiger partial charge in [-0.3, -0.25) is 14.9 Å². The first kappa shape index (κ1) is 17.1. The first-order valence-corrected chi connectivity index (χ1v) is 10.2. The van der Waals surface area contributed by atoms with Crippen LogP contribution >= 0.6 is 22.7 Å². The summed E-state index contributed by atoms with van der Waals surface area (Å²) < 4.78 is 25.6. The molecule has 0 radical (unpaired) electrons. The molecule has 4 atom stereocenters. The van der Waals surface area contributed by atoms with E-state index in [9.17, 15) is 28.2 Å². The molecule has 7 nitrogen and oxygen atoms in total. The van der Waals surface area contributed by atoms with Gasteiger partial charge in [0.25, 0.3) is 0 Å². The highest BCUT2D eigenvalue weighted by Gasteiger charge is 2.56. The minimum atomic E-state index is -4.46. The van der Waals surface area contributed by atoms with E-state index in [4.69, 9.17) is 0 Å². The number of nitrogens with one attached hydrogen (secondary N) is 1. The SMILES string of the molecule is O=C(O)[C@@H]1[C@H](c2cccs2)N[C@H](c2cccs2)[C@H](C(=O)O)S1(=O)=O. The third-order valence-electron chi connectivity index (χ3n) is 3.86. The summed E-state index contributed by atoms with van der Waals surface area (Å²) in [4.78, 5) is 24.3. The van der Waals surface area contributed by atoms with Gasteiger partial charge < -0.3 is 10.2 Å². The fourth-order valence-corrected chi connectivity index (χ4v) is 6.77. The van der Waals surface area contributed by atoms with E-state index in [1.165, 1.54) is 22.7 Å². The summed E-state index contributed by atoms with van der Waals surface area (Å²) in [6.45, 7) is 0. The molecule has 2 aromatic rings. The molecule has 1 aliphatic heterocycles. The molecule has 0 amide bonds. The lowest BCUT2D eigenvalue weighted by Crippen LogP contribution is -2.58. The molecule has 1 aliphatic rings. The van der Waals surface area contributed by atoms with Crippen LogP contribution in [-0.2, 0) is 19.4 Å². The zero-order valence-electron chi connectivity index (χ0n) is 12.0. The zero-order chi connectivity index (χ0) is 17.5. The van der Waals surface area contributed by atoms with E-state index in [-0.39, 0.29) is 0 Å². The Hall–Kier alpha value is -1.75. The number of sulfone groups is 1. The third kappa shape index (κ3) is 2.75. The van der Waals surface area contributed by atoms with Crippen molar-refractivity contribution in [3.8, 4) is 0 Å². The maximum atomic E-state index is 12.8. The predicted molar refractivity (Wildman–Crippen MR) is 89.0 cm³/mol. The molecular weight excluding hydrogens is 374 g/mol. The van der Waals surface area contributed by atoms with Crippen LogP contribution in [0.15, 0.2) is 35.0 Å². The van der Waals surface area contributed by atoms with Crippen molar-refractivity contribution in [1.82, 2.24) is 5.32 Å². The smallest absolute Gasteiger partial charge is 0.323 e. The van der Waals surface area contributed by atoms with Gasteiger partial charge in [0.2, 0.25) is 0 Å². The minimum Gasteiger partial charge on any atom is -0.480 e. The number of carbonyl (C=O) groups is 2. The summed E-state index contributed by atoms with van der Waals surface area (Å²) in [6, 6.07) is 4.65. The highest BCUT2D eigenvalue weighted by Crippen LogP contribution is 2.40. The van der Waals surface area contributed by atoms with Gasteiger partial charge in [0, 0.05) is 9.75 Å². The Morgan fingerprint density at radius 1 is 0.917 bits per heavy atom. The monoisotopic (exact) mass is 387 g/mol. The van der Waals surface area contributed by atoms with Crippen molar-refractivity contribution in [1.29, 1.82) is 0 Å². The fraction of sp³-hybridized carbons (Fsp3) is 0.286. The molecule has 0 aliphatic carbocycles. The normalized spacial score (nSPS) is 29.2. The number of aliphatic carboxylic acids is 2. The second-order valence-corrected chi connectivity index (χ2v) is 9.41. The second kappa shape index (κ2) is 6.28. The summed E-state index contributed by atoms with van der Waals surface area (Å²) in [7, 11) is -4.46. The number of hydrogen-bond donors (Lipinski definition) is 3. The molecule has 0 aromatic carbocycles. The van der Waals surface area contributed by atoms with Gasteiger partial charge in [-0.2, -0.15) is 0 Å². The van der Waals surface area contributed by atoms with Gasteiger partial charge in [-0.1, -0.05) is 12.1 Å². The van der Waals surface area contributed by atoms with E-state index in [0.29, 0.717) is 9.75 Å². The highest BCUT2D eigenvalue weighted by molar-refractivity contribution is 7.94. The zero-order valence-corrected chi connectivity index (χ0v) is 14.5. The Kier molecular flexibility index (Phi) is 4.47. The van der Waals surface area contributed by atoms with Crippen molar-refractivity contribution in [2.24, 2.45) is 0 Å². The van der Waals surface area contributed by atoms with Crippen LogP contribution in [0.2, 0.25) is 0 Å². The maximum Gasteiger partial charge on any atom is 0.323 e. The summed E-state index contributed by atoms with van der Waals surface area (Å²) in [6.07, 6.45) is 0. The lowest BCUT2D eigenvalue weighted by molar-refractivity contribution is -0.138. The maximum absolute atomic E-state index is 12.8. The van der Waals surface area contributed by atoms with Gasteiger partial charge in [-0.25, -0.2) is 8.42 Å². The van der Waals surface area contributed by atoms with E-state index in [1.54, 1.807) is 35.0 Å². The van der Waals surface area contributed by atoms with Gasteiger partial charge >= 0.3 is 11.9 Å². The second-order valence-electron chi connectivity index (χ2n) is 5.26. The van der Waals surface area contributed by atoms with Crippen LogP contribution in [0.4, 0.5) is 0 Å². The van der Waals surface area contributed by atoms with Crippen LogP contribution in [0.3, 0.4) is 0 Å². The number of carboxylic acids is 2. The predicted octanol–water partition coefficient (Wildman–Crippen LogP) is 1.52. The lowest BCUT2D eigenvalue weighted by atomic mass is 10.1. The first-order chi connectivity index (χ1) is 11.3. The van der Waals surface area contributed by atoms with Crippen molar-refractivity contribution in [2.45, 2.75) is 22.6 Å². The standard InChI is InChI=1S/C14H13NO6S3/c16-13(17)11-9(7-3-1-5-22-7)15-10(8-4-2-6-23-8)12(14(18)19)24(11,20)21/h1-6,9-12,15H,(H,16,17)(H,18,19)/t9-,10+,11-,12+. The molecule has 3 rings (SSSR count). The molecule has 0 bridgehead atoms. The Morgan fingerprint density at radius 2 is 1.33 bits per heavy atom. The topological polar surface area (TPSA) is 121 Å². The van der Waals surface area contributed by atoms with Gasteiger partial charge in [-0.05, 0) is 22.9 Å². The number of rotatable bonds is 4. The molecule has 0 spiro atoms. The molecule has 2 aromatic heterocycles. The van der Waals surface area contributed by atoms with Gasteiger partial charge in [-0.15, -0.1) is 22.7 Å². The largest absolute Gasteiger partial charge is 0.480 e. The van der Waals surface area contributed by atoms with E-state index < -0.39 is 44.4 Å². The molecule has 0 unspecified atom stereocenters. The van der Waals surface area contributed by atoms with Crippen LogP contribution in [0.5, 0.6) is 0 Å². The molecule has 1 fully saturated rings. The quantitative estimate of drug-likeness (QED) is 0.727. The Balaban J connectivity index is 2.16. The highest BCUT2D eigenvalue weighted by atomic mass is 32.2. The summed E-state index contributed by atoms with van der Waals surface area (Å²) in [5.41, 5.74) is 0. The third-order valence-corrected chi connectivity index (χ3v) is 8.13. The van der Waals surface area contributed by atoms with E-state index in [2.05, 4.69) is 5.32 Å². The minimum absolute atomic E-state index is 0.538. The first-order valence-electron chi connectivity index (χ1n) is 6.85. The summed E-state index contributed by atoms with van der Waals surface area (Å²) in [5.74, 6) is -3.12. The van der Waals surface area contributed by atoms with Crippen LogP contribution in [-0.4, -0.2) is 41.1 Å². The fourth-order valence-electron chi connectivity index (χ4n) is 2.87. The number of carboxylic acid groups (broad SMARTS) is 2. The van der Waals surface area contributed by atoms with Crippen molar-refractivity contribution in [2.75, 3.05) is 0 Å². The summed E-state index contributed by atoms with van der Waals surface area (Å²) >= 11 is 2.45. The summed E-state index contributed by atoms with van der Waals surface area (Å²) in [5, 5.41) is 21.6. The van der Waals surface area contributed by atoms with Crippen LogP contribution in [0.1, 0.15) is 21.8 Å². The Morgan fingerprint density at radius 3 is 1.62 bits per heavy atom. The van der Waals surface area contributed by atoms with Gasteiger partial charge in [0.1, 0.15) is 0 Å². The van der Waals surface area contributed by atoms with Crippen LogP contribution in [0.25, 0.3) is 0 Å². The Bertz CT molecular complexity index is 779. The average molecular weight is 387 g/mol. The van der Waals surface area contributed by atoms with Crippen LogP contribution < -0.4 is 5.32 Å². The molecule has 0 saturated carbocycles. The molecule has 3 N–H and O–H groups in total. The molecule has 24 heavy (non-hydrogen) atoms. The molecule has 10 heteroatoms. The molecular formula is C14H13NO6S3. The van der Waals surface area contributed by atoms with E-state index in [0.717, 1.165) is 0 Å². The lowest BCUT2D eigenvalue weighted by Gasteiger charge is -2.38. The van der Waals surface area contributed by atoms with Crippen molar-refractivity contribution in [3.63, 3.8) is 0 Å². The molecule has 3 heterocycles.